The van der Waals surface area contributed by atoms with Crippen LogP contribution < -0.4 is 5.32 Å². The average Bonchev–Trinajstić information content (AvgIpc) is 2.82. The van der Waals surface area contributed by atoms with E-state index in [2.05, 4.69) is 34.2 Å². The number of rotatable bonds is 6. The van der Waals surface area contributed by atoms with Crippen molar-refractivity contribution in [1.29, 1.82) is 0 Å². The molecule has 1 unspecified atom stereocenters. The van der Waals surface area contributed by atoms with Crippen LogP contribution in [0.3, 0.4) is 0 Å². The van der Waals surface area contributed by atoms with E-state index in [9.17, 15) is 0 Å². The summed E-state index contributed by atoms with van der Waals surface area (Å²) in [5.41, 5.74) is 0. The van der Waals surface area contributed by atoms with Gasteiger partial charge < -0.3 is 14.5 Å². The van der Waals surface area contributed by atoms with Gasteiger partial charge in [0.1, 0.15) is 5.76 Å². The topological polar surface area (TPSA) is 34.4 Å². The molecule has 0 amide bonds. The highest BCUT2D eigenvalue weighted by molar-refractivity contribution is 9.10. The first-order valence-corrected chi connectivity index (χ1v) is 7.65. The summed E-state index contributed by atoms with van der Waals surface area (Å²) in [4.78, 5) is 0. The number of furan rings is 1. The summed E-state index contributed by atoms with van der Waals surface area (Å²) in [7, 11) is 0. The van der Waals surface area contributed by atoms with Crippen molar-refractivity contribution < 1.29 is 9.15 Å². The van der Waals surface area contributed by atoms with Crippen LogP contribution in [0.5, 0.6) is 0 Å². The fraction of sp³-hybridized carbons (Fsp3) is 0.714. The maximum Gasteiger partial charge on any atom is 0.169 e. The molecule has 0 aromatic carbocycles. The Morgan fingerprint density at radius 1 is 1.39 bits per heavy atom. The average molecular weight is 316 g/mol. The number of nitrogens with one attached hydrogen (secondary N) is 1. The second-order valence-corrected chi connectivity index (χ2v) is 5.72. The summed E-state index contributed by atoms with van der Waals surface area (Å²) in [6, 6.07) is 4.37. The first-order chi connectivity index (χ1) is 8.79. The Morgan fingerprint density at radius 3 is 2.78 bits per heavy atom. The fourth-order valence-corrected chi connectivity index (χ4v) is 2.77. The minimum atomic E-state index is 0.333. The van der Waals surface area contributed by atoms with Crippen molar-refractivity contribution in [2.24, 2.45) is 5.92 Å². The molecule has 0 saturated carbocycles. The van der Waals surface area contributed by atoms with Crippen molar-refractivity contribution in [3.63, 3.8) is 0 Å². The lowest BCUT2D eigenvalue weighted by Crippen LogP contribution is -2.26. The number of hydrogen-bond acceptors (Lipinski definition) is 3. The summed E-state index contributed by atoms with van der Waals surface area (Å²) < 4.78 is 11.9. The van der Waals surface area contributed by atoms with E-state index in [-0.39, 0.29) is 0 Å². The molecule has 3 nitrogen and oxygen atoms in total. The Morgan fingerprint density at radius 2 is 2.17 bits per heavy atom. The molecular weight excluding hydrogens is 294 g/mol. The summed E-state index contributed by atoms with van der Waals surface area (Å²) in [5, 5.41) is 3.59. The highest BCUT2D eigenvalue weighted by atomic mass is 79.9. The van der Waals surface area contributed by atoms with E-state index in [1.165, 1.54) is 12.8 Å². The van der Waals surface area contributed by atoms with Gasteiger partial charge in [0.25, 0.3) is 0 Å². The SMILES string of the molecule is CCCNC(CC1CCOCC1)c1ccc(Br)o1. The summed E-state index contributed by atoms with van der Waals surface area (Å²) in [6.45, 7) is 5.04. The standard InChI is InChI=1S/C14H22BrNO2/c1-2-7-16-12(13-3-4-14(15)18-13)10-11-5-8-17-9-6-11/h3-4,11-12,16H,2,5-10H2,1H3. The van der Waals surface area contributed by atoms with E-state index in [1.54, 1.807) is 0 Å². The van der Waals surface area contributed by atoms with Crippen molar-refractivity contribution in [2.75, 3.05) is 19.8 Å². The molecule has 1 aliphatic rings. The van der Waals surface area contributed by atoms with Crippen molar-refractivity contribution in [1.82, 2.24) is 5.32 Å². The Bertz CT molecular complexity index is 347. The Labute approximate surface area is 117 Å². The number of halogens is 1. The summed E-state index contributed by atoms with van der Waals surface area (Å²) in [6.07, 6.45) is 4.63. The van der Waals surface area contributed by atoms with Crippen molar-refractivity contribution >= 4 is 15.9 Å². The number of ether oxygens (including phenoxy) is 1. The van der Waals surface area contributed by atoms with Crippen LogP contribution in [0.1, 0.15) is 44.4 Å². The van der Waals surface area contributed by atoms with Crippen LogP contribution in [0, 0.1) is 5.92 Å². The monoisotopic (exact) mass is 315 g/mol. The zero-order chi connectivity index (χ0) is 12.8. The first kappa shape index (κ1) is 14.1. The lowest BCUT2D eigenvalue weighted by atomic mass is 9.91. The third-order valence-electron chi connectivity index (χ3n) is 3.49. The van der Waals surface area contributed by atoms with Gasteiger partial charge in [-0.2, -0.15) is 0 Å². The molecule has 1 aliphatic heterocycles. The lowest BCUT2D eigenvalue weighted by molar-refractivity contribution is 0.0596. The molecule has 1 saturated heterocycles. The summed E-state index contributed by atoms with van der Waals surface area (Å²) in [5.74, 6) is 1.79. The minimum absolute atomic E-state index is 0.333. The van der Waals surface area contributed by atoms with Crippen LogP contribution in [-0.2, 0) is 4.74 Å². The van der Waals surface area contributed by atoms with E-state index < -0.39 is 0 Å². The van der Waals surface area contributed by atoms with Crippen molar-refractivity contribution in [3.05, 3.63) is 22.6 Å². The van der Waals surface area contributed by atoms with E-state index >= 15 is 0 Å². The van der Waals surface area contributed by atoms with E-state index in [0.29, 0.717) is 6.04 Å². The van der Waals surface area contributed by atoms with Crippen LogP contribution in [0.4, 0.5) is 0 Å². The van der Waals surface area contributed by atoms with Crippen LogP contribution in [0.25, 0.3) is 0 Å². The Kier molecular flexibility index (Phi) is 5.73. The molecule has 1 aromatic rings. The number of hydrogen-bond donors (Lipinski definition) is 1. The molecule has 1 atom stereocenters. The predicted molar refractivity (Wildman–Crippen MR) is 75.6 cm³/mol. The molecule has 18 heavy (non-hydrogen) atoms. The minimum Gasteiger partial charge on any atom is -0.453 e. The molecule has 2 heterocycles. The molecule has 0 spiro atoms. The molecule has 0 bridgehead atoms. The van der Waals surface area contributed by atoms with Gasteiger partial charge in [0.15, 0.2) is 4.67 Å². The smallest absolute Gasteiger partial charge is 0.169 e. The molecular formula is C14H22BrNO2. The largest absolute Gasteiger partial charge is 0.453 e. The van der Waals surface area contributed by atoms with Crippen LogP contribution in [0.15, 0.2) is 21.2 Å². The molecule has 0 radical (unpaired) electrons. The van der Waals surface area contributed by atoms with Gasteiger partial charge in [-0.15, -0.1) is 0 Å². The second kappa shape index (κ2) is 7.31. The predicted octanol–water partition coefficient (Wildman–Crippen LogP) is 3.90. The third-order valence-corrected chi connectivity index (χ3v) is 3.91. The van der Waals surface area contributed by atoms with E-state index in [1.807, 2.05) is 6.07 Å². The zero-order valence-electron chi connectivity index (χ0n) is 11.0. The molecule has 1 N–H and O–H groups in total. The normalized spacial score (nSPS) is 19.0. The Hall–Kier alpha value is -0.320. The second-order valence-electron chi connectivity index (χ2n) is 4.94. The van der Waals surface area contributed by atoms with Gasteiger partial charge in [-0.25, -0.2) is 0 Å². The molecule has 1 fully saturated rings. The third kappa shape index (κ3) is 4.11. The van der Waals surface area contributed by atoms with Crippen LogP contribution in [0.2, 0.25) is 0 Å². The molecule has 0 aliphatic carbocycles. The molecule has 1 aromatic heterocycles. The lowest BCUT2D eigenvalue weighted by Gasteiger charge is -2.26. The maximum atomic E-state index is 5.71. The van der Waals surface area contributed by atoms with E-state index in [4.69, 9.17) is 9.15 Å². The van der Waals surface area contributed by atoms with Gasteiger partial charge in [-0.05, 0) is 66.2 Å². The quantitative estimate of drug-likeness (QED) is 0.864. The van der Waals surface area contributed by atoms with Crippen LogP contribution >= 0.6 is 15.9 Å². The van der Waals surface area contributed by atoms with Gasteiger partial charge >= 0.3 is 0 Å². The highest BCUT2D eigenvalue weighted by Gasteiger charge is 2.22. The summed E-state index contributed by atoms with van der Waals surface area (Å²) >= 11 is 3.38. The van der Waals surface area contributed by atoms with Gasteiger partial charge in [0.05, 0.1) is 6.04 Å². The molecule has 4 heteroatoms. The maximum absolute atomic E-state index is 5.71. The zero-order valence-corrected chi connectivity index (χ0v) is 12.5. The van der Waals surface area contributed by atoms with E-state index in [0.717, 1.165) is 48.9 Å². The molecule has 2 rings (SSSR count). The van der Waals surface area contributed by atoms with Gasteiger partial charge in [-0.1, -0.05) is 6.92 Å². The Balaban J connectivity index is 1.95. The van der Waals surface area contributed by atoms with Crippen molar-refractivity contribution in [2.45, 2.75) is 38.6 Å². The first-order valence-electron chi connectivity index (χ1n) is 6.86. The fourth-order valence-electron chi connectivity index (χ4n) is 2.45. The molecule has 102 valence electrons. The van der Waals surface area contributed by atoms with Gasteiger partial charge in [-0.3, -0.25) is 0 Å². The van der Waals surface area contributed by atoms with Crippen LogP contribution in [-0.4, -0.2) is 19.8 Å². The van der Waals surface area contributed by atoms with Crippen molar-refractivity contribution in [3.8, 4) is 0 Å². The van der Waals surface area contributed by atoms with Gasteiger partial charge in [0.2, 0.25) is 0 Å². The highest BCUT2D eigenvalue weighted by Crippen LogP contribution is 2.29. The van der Waals surface area contributed by atoms with Gasteiger partial charge in [0, 0.05) is 13.2 Å².